The standard InChI is InChI=1S/C12H16.C2H4/c1-2-8-5-7(1)11-9-3-4-10(6-9)12(8)11;1-2/h1-2,7-12H,3-6H2;1-2H2. The van der Waals surface area contributed by atoms with Crippen LogP contribution in [-0.2, 0) is 0 Å². The lowest BCUT2D eigenvalue weighted by Gasteiger charge is -2.31. The van der Waals surface area contributed by atoms with Gasteiger partial charge in [0.25, 0.3) is 0 Å². The lowest BCUT2D eigenvalue weighted by atomic mass is 9.73. The number of fused-ring (bicyclic) bond motifs is 9. The van der Waals surface area contributed by atoms with Crippen LogP contribution in [0.1, 0.15) is 25.7 Å². The first-order valence-corrected chi connectivity index (χ1v) is 6.12. The summed E-state index contributed by atoms with van der Waals surface area (Å²) in [6, 6.07) is 0. The zero-order valence-corrected chi connectivity index (χ0v) is 8.86. The summed E-state index contributed by atoms with van der Waals surface area (Å²) in [6.07, 6.45) is 11.3. The Kier molecular flexibility index (Phi) is 1.87. The summed E-state index contributed by atoms with van der Waals surface area (Å²) in [5.74, 6) is 6.66. The highest BCUT2D eigenvalue weighted by Gasteiger charge is 2.57. The van der Waals surface area contributed by atoms with Crippen LogP contribution in [0.25, 0.3) is 0 Å². The zero-order chi connectivity index (χ0) is 9.71. The van der Waals surface area contributed by atoms with Crippen molar-refractivity contribution in [3.8, 4) is 0 Å². The van der Waals surface area contributed by atoms with Crippen molar-refractivity contribution in [2.24, 2.45) is 35.5 Å². The van der Waals surface area contributed by atoms with Gasteiger partial charge < -0.3 is 0 Å². The Hall–Kier alpha value is -0.520. The molecule has 0 spiro atoms. The van der Waals surface area contributed by atoms with E-state index in [4.69, 9.17) is 0 Å². The molecule has 4 rings (SSSR count). The minimum atomic E-state index is 1.02. The van der Waals surface area contributed by atoms with E-state index in [-0.39, 0.29) is 0 Å². The SMILES string of the molecule is C1=CC2CC1C1C3CCC(C3)C21.C=C. The molecule has 0 nitrogen and oxygen atoms in total. The van der Waals surface area contributed by atoms with Gasteiger partial charge in [0.2, 0.25) is 0 Å². The summed E-state index contributed by atoms with van der Waals surface area (Å²) in [5, 5.41) is 0. The summed E-state index contributed by atoms with van der Waals surface area (Å²) < 4.78 is 0. The van der Waals surface area contributed by atoms with Crippen LogP contribution in [0.2, 0.25) is 0 Å². The second-order valence-corrected chi connectivity index (χ2v) is 5.44. The molecule has 0 heteroatoms. The van der Waals surface area contributed by atoms with Gasteiger partial charge in [0.15, 0.2) is 0 Å². The van der Waals surface area contributed by atoms with E-state index in [1.807, 2.05) is 0 Å². The lowest BCUT2D eigenvalue weighted by molar-refractivity contribution is 0.206. The highest BCUT2D eigenvalue weighted by atomic mass is 14.6. The molecule has 0 aromatic rings. The average molecular weight is 188 g/mol. The van der Waals surface area contributed by atoms with E-state index in [2.05, 4.69) is 25.3 Å². The van der Waals surface area contributed by atoms with E-state index < -0.39 is 0 Å². The Labute approximate surface area is 87.1 Å². The largest absolute Gasteiger partial charge is 0.106 e. The first kappa shape index (κ1) is 8.76. The second-order valence-electron chi connectivity index (χ2n) is 5.44. The molecule has 0 aromatic heterocycles. The summed E-state index contributed by atoms with van der Waals surface area (Å²) in [7, 11) is 0. The third kappa shape index (κ3) is 0.898. The molecule has 76 valence electrons. The van der Waals surface area contributed by atoms with Crippen LogP contribution >= 0.6 is 0 Å². The summed E-state index contributed by atoms with van der Waals surface area (Å²) in [4.78, 5) is 0. The van der Waals surface area contributed by atoms with E-state index in [1.165, 1.54) is 6.42 Å². The van der Waals surface area contributed by atoms with Crippen molar-refractivity contribution in [2.75, 3.05) is 0 Å². The minimum absolute atomic E-state index is 1.02. The Balaban J connectivity index is 0.000000303. The molecule has 0 radical (unpaired) electrons. The van der Waals surface area contributed by atoms with Crippen LogP contribution < -0.4 is 0 Å². The van der Waals surface area contributed by atoms with Crippen molar-refractivity contribution in [1.29, 1.82) is 0 Å². The number of allylic oxidation sites excluding steroid dienone is 2. The summed E-state index contributed by atoms with van der Waals surface area (Å²) in [6.45, 7) is 6.00. The molecule has 0 N–H and O–H groups in total. The molecule has 6 unspecified atom stereocenters. The molecule has 0 aromatic carbocycles. The average Bonchev–Trinajstić information content (AvgIpc) is 3.00. The quantitative estimate of drug-likeness (QED) is 0.402. The van der Waals surface area contributed by atoms with Crippen molar-refractivity contribution >= 4 is 0 Å². The van der Waals surface area contributed by atoms with Crippen molar-refractivity contribution in [3.05, 3.63) is 25.3 Å². The molecule has 4 bridgehead atoms. The van der Waals surface area contributed by atoms with E-state index in [9.17, 15) is 0 Å². The Morgan fingerprint density at radius 3 is 1.79 bits per heavy atom. The number of rotatable bonds is 0. The molecule has 0 aliphatic heterocycles. The molecule has 0 saturated heterocycles. The van der Waals surface area contributed by atoms with Gasteiger partial charge in [-0.05, 0) is 61.2 Å². The van der Waals surface area contributed by atoms with Gasteiger partial charge in [-0.2, -0.15) is 0 Å². The van der Waals surface area contributed by atoms with Gasteiger partial charge in [0.1, 0.15) is 0 Å². The smallest absolute Gasteiger partial charge is 0.0194 e. The normalized spacial score (nSPS) is 55.7. The van der Waals surface area contributed by atoms with Gasteiger partial charge >= 0.3 is 0 Å². The Morgan fingerprint density at radius 1 is 0.786 bits per heavy atom. The fourth-order valence-corrected chi connectivity index (χ4v) is 4.98. The van der Waals surface area contributed by atoms with Crippen LogP contribution in [0.3, 0.4) is 0 Å². The van der Waals surface area contributed by atoms with Crippen LogP contribution in [0.5, 0.6) is 0 Å². The van der Waals surface area contributed by atoms with Crippen molar-refractivity contribution in [3.63, 3.8) is 0 Å². The minimum Gasteiger partial charge on any atom is -0.106 e. The van der Waals surface area contributed by atoms with Crippen molar-refractivity contribution < 1.29 is 0 Å². The molecule has 0 heterocycles. The summed E-state index contributed by atoms with van der Waals surface area (Å²) >= 11 is 0. The fraction of sp³-hybridized carbons (Fsp3) is 0.714. The Bertz CT molecular complexity index is 241. The van der Waals surface area contributed by atoms with E-state index in [0.29, 0.717) is 0 Å². The maximum atomic E-state index is 3.00. The lowest BCUT2D eigenvalue weighted by Crippen LogP contribution is -2.25. The van der Waals surface area contributed by atoms with E-state index >= 15 is 0 Å². The van der Waals surface area contributed by atoms with Crippen LogP contribution in [0.4, 0.5) is 0 Å². The van der Waals surface area contributed by atoms with Gasteiger partial charge in [-0.25, -0.2) is 0 Å². The predicted molar refractivity (Wildman–Crippen MR) is 59.8 cm³/mol. The maximum absolute atomic E-state index is 3.00. The van der Waals surface area contributed by atoms with Gasteiger partial charge in [0.05, 0.1) is 0 Å². The molecule has 3 saturated carbocycles. The van der Waals surface area contributed by atoms with Crippen LogP contribution in [0, 0.1) is 35.5 Å². The van der Waals surface area contributed by atoms with Crippen LogP contribution in [0.15, 0.2) is 25.3 Å². The van der Waals surface area contributed by atoms with E-state index in [0.717, 1.165) is 35.5 Å². The molecule has 6 atom stereocenters. The monoisotopic (exact) mass is 188 g/mol. The third-order valence-corrected chi connectivity index (χ3v) is 5.19. The highest BCUT2D eigenvalue weighted by Crippen LogP contribution is 2.65. The Morgan fingerprint density at radius 2 is 1.29 bits per heavy atom. The van der Waals surface area contributed by atoms with Crippen molar-refractivity contribution in [2.45, 2.75) is 25.7 Å². The predicted octanol–water partition coefficient (Wildman–Crippen LogP) is 3.66. The van der Waals surface area contributed by atoms with Crippen molar-refractivity contribution in [1.82, 2.24) is 0 Å². The fourth-order valence-electron chi connectivity index (χ4n) is 4.98. The zero-order valence-electron chi connectivity index (χ0n) is 8.86. The summed E-state index contributed by atoms with van der Waals surface area (Å²) in [5.41, 5.74) is 0. The third-order valence-electron chi connectivity index (χ3n) is 5.19. The highest BCUT2D eigenvalue weighted by molar-refractivity contribution is 5.19. The van der Waals surface area contributed by atoms with Gasteiger partial charge in [-0.1, -0.05) is 12.2 Å². The first-order chi connectivity index (χ1) is 6.93. The van der Waals surface area contributed by atoms with Gasteiger partial charge in [0, 0.05) is 0 Å². The van der Waals surface area contributed by atoms with Gasteiger partial charge in [-0.3, -0.25) is 0 Å². The molecule has 14 heavy (non-hydrogen) atoms. The molecule has 4 aliphatic carbocycles. The molecule has 3 fully saturated rings. The first-order valence-electron chi connectivity index (χ1n) is 6.12. The maximum Gasteiger partial charge on any atom is -0.0194 e. The molecule has 0 amide bonds. The molecular formula is C14H20. The molecular weight excluding hydrogens is 168 g/mol. The second kappa shape index (κ2) is 2.98. The number of hydrogen-bond acceptors (Lipinski definition) is 0. The topological polar surface area (TPSA) is 0 Å². The van der Waals surface area contributed by atoms with E-state index in [1.54, 1.807) is 19.3 Å². The molecule has 4 aliphatic rings. The van der Waals surface area contributed by atoms with Crippen LogP contribution in [-0.4, -0.2) is 0 Å². The number of hydrogen-bond donors (Lipinski definition) is 0. The van der Waals surface area contributed by atoms with Gasteiger partial charge in [-0.15, -0.1) is 13.2 Å².